The second-order valence-corrected chi connectivity index (χ2v) is 7.08. The average molecular weight is 383 g/mol. The fourth-order valence-corrected chi connectivity index (χ4v) is 3.76. The Labute approximate surface area is 163 Å². The minimum Gasteiger partial charge on any atom is -0.454 e. The largest absolute Gasteiger partial charge is 0.454 e. The molecule has 2 aromatic rings. The summed E-state index contributed by atoms with van der Waals surface area (Å²) >= 11 is 0. The van der Waals surface area contributed by atoms with Gasteiger partial charge in [0.2, 0.25) is 0 Å². The van der Waals surface area contributed by atoms with Crippen LogP contribution in [0.4, 0.5) is 14.5 Å². The van der Waals surface area contributed by atoms with E-state index in [1.807, 2.05) is 13.1 Å². The van der Waals surface area contributed by atoms with Gasteiger partial charge in [-0.3, -0.25) is 0 Å². The van der Waals surface area contributed by atoms with Crippen molar-refractivity contribution in [2.45, 2.75) is 18.9 Å². The first-order valence-corrected chi connectivity index (χ1v) is 9.43. The van der Waals surface area contributed by atoms with E-state index in [0.29, 0.717) is 11.4 Å². The van der Waals surface area contributed by atoms with Crippen LogP contribution >= 0.6 is 0 Å². The zero-order chi connectivity index (χ0) is 19.7. The first kappa shape index (κ1) is 18.5. The van der Waals surface area contributed by atoms with E-state index in [4.69, 9.17) is 10.5 Å². The molecule has 0 bridgehead atoms. The summed E-state index contributed by atoms with van der Waals surface area (Å²) in [4.78, 5) is 2.39. The Morgan fingerprint density at radius 1 is 1.07 bits per heavy atom. The Hall–Kier alpha value is -2.86. The van der Waals surface area contributed by atoms with Crippen LogP contribution in [0.1, 0.15) is 18.4 Å². The number of ether oxygens (including phenoxy) is 1. The van der Waals surface area contributed by atoms with Crippen molar-refractivity contribution in [3.63, 3.8) is 0 Å². The molecule has 2 aliphatic rings. The maximum Gasteiger partial charge on any atom is 0.168 e. The molecule has 4 nitrogen and oxygen atoms in total. The van der Waals surface area contributed by atoms with Gasteiger partial charge < -0.3 is 20.7 Å². The predicted molar refractivity (Wildman–Crippen MR) is 107 cm³/mol. The highest BCUT2D eigenvalue weighted by Crippen LogP contribution is 2.38. The molecule has 1 unspecified atom stereocenters. The van der Waals surface area contributed by atoms with Gasteiger partial charge in [-0.1, -0.05) is 6.08 Å². The molecule has 0 amide bonds. The Balaban J connectivity index is 1.70. The van der Waals surface area contributed by atoms with Gasteiger partial charge in [0.25, 0.3) is 0 Å². The fraction of sp³-hybridized carbons (Fsp3) is 0.273. The van der Waals surface area contributed by atoms with Gasteiger partial charge in [-0.2, -0.15) is 0 Å². The lowest BCUT2D eigenvalue weighted by atomic mass is 10.0. The molecule has 1 saturated heterocycles. The normalized spacial score (nSPS) is 19.0. The van der Waals surface area contributed by atoms with Crippen molar-refractivity contribution in [3.05, 3.63) is 71.4 Å². The van der Waals surface area contributed by atoms with E-state index in [0.717, 1.165) is 30.3 Å². The number of nitrogens with two attached hydrogens (primary N) is 1. The Morgan fingerprint density at radius 3 is 2.54 bits per heavy atom. The van der Waals surface area contributed by atoms with Crippen LogP contribution < -0.4 is 15.8 Å². The zero-order valence-corrected chi connectivity index (χ0v) is 15.7. The highest BCUT2D eigenvalue weighted by molar-refractivity contribution is 5.83. The highest BCUT2D eigenvalue weighted by atomic mass is 19.1. The van der Waals surface area contributed by atoms with Crippen LogP contribution in [0.15, 0.2) is 54.2 Å². The predicted octanol–water partition coefficient (Wildman–Crippen LogP) is 4.30. The van der Waals surface area contributed by atoms with Crippen LogP contribution in [0.5, 0.6) is 11.5 Å². The molecule has 1 fully saturated rings. The minimum atomic E-state index is -0.746. The lowest BCUT2D eigenvalue weighted by Crippen LogP contribution is -2.32. The van der Waals surface area contributed by atoms with Gasteiger partial charge in [0.15, 0.2) is 11.6 Å². The van der Waals surface area contributed by atoms with Crippen LogP contribution in [0, 0.1) is 11.6 Å². The van der Waals surface area contributed by atoms with Crippen molar-refractivity contribution in [2.24, 2.45) is 0 Å². The number of likely N-dealkylation sites (tertiary alicyclic amines) is 1. The van der Waals surface area contributed by atoms with Gasteiger partial charge in [-0.05, 0) is 61.9 Å². The van der Waals surface area contributed by atoms with Gasteiger partial charge in [0, 0.05) is 36.1 Å². The van der Waals surface area contributed by atoms with E-state index in [-0.39, 0.29) is 11.8 Å². The quantitative estimate of drug-likeness (QED) is 0.756. The van der Waals surface area contributed by atoms with Crippen molar-refractivity contribution >= 4 is 11.3 Å². The number of benzene rings is 2. The van der Waals surface area contributed by atoms with Gasteiger partial charge >= 0.3 is 0 Å². The topological polar surface area (TPSA) is 50.5 Å². The van der Waals surface area contributed by atoms with Gasteiger partial charge in [0.1, 0.15) is 11.6 Å². The first-order chi connectivity index (χ1) is 13.5. The van der Waals surface area contributed by atoms with Crippen molar-refractivity contribution in [2.75, 3.05) is 25.9 Å². The molecule has 1 aliphatic heterocycles. The third-order valence-corrected chi connectivity index (χ3v) is 5.18. The number of nitrogens with zero attached hydrogens (tertiary/aromatic N) is 1. The molecule has 146 valence electrons. The maximum absolute atomic E-state index is 14.1. The second kappa shape index (κ2) is 7.64. The molecule has 0 saturated carbocycles. The summed E-state index contributed by atoms with van der Waals surface area (Å²) in [5, 5.41) is 3.33. The maximum atomic E-state index is 14.1. The lowest BCUT2D eigenvalue weighted by molar-refractivity contribution is 0.397. The number of anilines is 1. The summed E-state index contributed by atoms with van der Waals surface area (Å²) in [6.07, 6.45) is 6.64. The summed E-state index contributed by atoms with van der Waals surface area (Å²) in [5.41, 5.74) is 9.56. The molecule has 0 radical (unpaired) electrons. The second-order valence-electron chi connectivity index (χ2n) is 7.08. The summed E-state index contributed by atoms with van der Waals surface area (Å²) in [6.45, 7) is 2.10. The van der Waals surface area contributed by atoms with E-state index < -0.39 is 11.6 Å². The van der Waals surface area contributed by atoms with E-state index in [1.165, 1.54) is 30.7 Å². The Bertz CT molecular complexity index is 949. The Kier molecular flexibility index (Phi) is 5.05. The third-order valence-electron chi connectivity index (χ3n) is 5.18. The smallest absolute Gasteiger partial charge is 0.168 e. The molecule has 1 heterocycles. The molecule has 3 N–H and O–H groups in total. The van der Waals surface area contributed by atoms with Crippen molar-refractivity contribution in [3.8, 4) is 11.5 Å². The molecule has 0 spiro atoms. The summed E-state index contributed by atoms with van der Waals surface area (Å²) < 4.78 is 33.1. The van der Waals surface area contributed by atoms with Crippen LogP contribution in [-0.4, -0.2) is 31.1 Å². The Morgan fingerprint density at radius 2 is 1.82 bits per heavy atom. The monoisotopic (exact) mass is 383 g/mol. The number of allylic oxidation sites excluding steroid dienone is 2. The molecule has 1 aliphatic carbocycles. The first-order valence-electron chi connectivity index (χ1n) is 9.43. The van der Waals surface area contributed by atoms with Crippen LogP contribution in [0.2, 0.25) is 0 Å². The van der Waals surface area contributed by atoms with E-state index in [2.05, 4.69) is 22.4 Å². The number of rotatable bonds is 5. The number of nitrogen functional groups attached to an aromatic ring is 1. The molecular formula is C22H23F2N3O. The van der Waals surface area contributed by atoms with Crippen molar-refractivity contribution in [1.82, 2.24) is 10.2 Å². The molecule has 0 aromatic heterocycles. The number of halogens is 2. The van der Waals surface area contributed by atoms with Crippen molar-refractivity contribution < 1.29 is 13.5 Å². The van der Waals surface area contributed by atoms with E-state index in [9.17, 15) is 8.78 Å². The standard InChI is InChI=1S/C22H23F2N3O/c1-26-19-10-14(11-20(19)27-8-2-3-9-27)17-13-16(25)5-7-21(17)28-22-6-4-15(23)12-18(22)24/h4-7,10-13,19,26H,2-3,8-9,25H2,1H3. The molecule has 28 heavy (non-hydrogen) atoms. The molecule has 4 rings (SSSR count). The third kappa shape index (κ3) is 3.60. The highest BCUT2D eigenvalue weighted by Gasteiger charge is 2.26. The SMILES string of the molecule is CNC1C=C(c2cc(N)ccc2Oc2ccc(F)cc2F)C=C1N1CCCC1. The van der Waals surface area contributed by atoms with E-state index in [1.54, 1.807) is 12.1 Å². The minimum absolute atomic E-state index is 0.0278. The molecule has 6 heteroatoms. The van der Waals surface area contributed by atoms with Gasteiger partial charge in [0.05, 0.1) is 6.04 Å². The van der Waals surface area contributed by atoms with E-state index >= 15 is 0 Å². The zero-order valence-electron chi connectivity index (χ0n) is 15.7. The fourth-order valence-electron chi connectivity index (χ4n) is 3.76. The van der Waals surface area contributed by atoms with Crippen molar-refractivity contribution in [1.29, 1.82) is 0 Å². The summed E-state index contributed by atoms with van der Waals surface area (Å²) in [7, 11) is 1.93. The van der Waals surface area contributed by atoms with Crippen LogP contribution in [0.3, 0.4) is 0 Å². The van der Waals surface area contributed by atoms with Crippen LogP contribution in [-0.2, 0) is 0 Å². The van der Waals surface area contributed by atoms with Crippen LogP contribution in [0.25, 0.3) is 5.57 Å². The number of nitrogens with one attached hydrogen (secondary N) is 1. The lowest BCUT2D eigenvalue weighted by Gasteiger charge is -2.24. The van der Waals surface area contributed by atoms with Gasteiger partial charge in [-0.25, -0.2) is 8.78 Å². The summed E-state index contributed by atoms with van der Waals surface area (Å²) in [6, 6.07) is 8.61. The molecular weight excluding hydrogens is 360 g/mol. The molecule has 2 aromatic carbocycles. The van der Waals surface area contributed by atoms with Gasteiger partial charge in [-0.15, -0.1) is 0 Å². The number of likely N-dealkylation sites (N-methyl/N-ethyl adjacent to an activating group) is 1. The average Bonchev–Trinajstić information content (AvgIpc) is 3.34. The number of hydrogen-bond donors (Lipinski definition) is 2. The molecule has 1 atom stereocenters. The number of hydrogen-bond acceptors (Lipinski definition) is 4. The summed E-state index contributed by atoms with van der Waals surface area (Å²) in [5.74, 6) is -0.944.